The average molecular weight is 453 g/mol. The number of carboxylic acid groups (broad SMARTS) is 1. The number of hydrogen-bond acceptors (Lipinski definition) is 2. The third-order valence-electron chi connectivity index (χ3n) is 7.44. The number of aromatic nitrogens is 1. The van der Waals surface area contributed by atoms with E-state index in [9.17, 15) is 14.3 Å². The second-order valence-corrected chi connectivity index (χ2v) is 9.72. The number of rotatable bonds is 3. The normalized spacial score (nSPS) is 21.5. The Kier molecular flexibility index (Phi) is 5.73. The van der Waals surface area contributed by atoms with Crippen molar-refractivity contribution >= 4 is 16.9 Å². The summed E-state index contributed by atoms with van der Waals surface area (Å²) in [5.74, 6) is -1.58. The fourth-order valence-corrected chi connectivity index (χ4v) is 5.69. The van der Waals surface area contributed by atoms with Gasteiger partial charge in [0.2, 0.25) is 0 Å². The predicted molar refractivity (Wildman–Crippen MR) is 126 cm³/mol. The van der Waals surface area contributed by atoms with Crippen molar-refractivity contribution in [2.24, 2.45) is 0 Å². The van der Waals surface area contributed by atoms with E-state index >= 15 is 4.39 Å². The van der Waals surface area contributed by atoms with E-state index in [-0.39, 0.29) is 17.3 Å². The third kappa shape index (κ3) is 3.84. The van der Waals surface area contributed by atoms with Crippen LogP contribution in [0.3, 0.4) is 0 Å². The van der Waals surface area contributed by atoms with Crippen molar-refractivity contribution in [3.05, 3.63) is 58.9 Å². The fourth-order valence-electron chi connectivity index (χ4n) is 5.69. The van der Waals surface area contributed by atoms with Crippen LogP contribution in [0.5, 0.6) is 0 Å². The van der Waals surface area contributed by atoms with Crippen LogP contribution >= 0.6 is 0 Å². The van der Waals surface area contributed by atoms with E-state index in [2.05, 4.69) is 23.3 Å². The minimum absolute atomic E-state index is 0.206. The summed E-state index contributed by atoms with van der Waals surface area (Å²) in [4.78, 5) is 14.1. The Morgan fingerprint density at radius 3 is 2.61 bits per heavy atom. The van der Waals surface area contributed by atoms with Crippen molar-refractivity contribution in [1.82, 2.24) is 9.47 Å². The summed E-state index contributed by atoms with van der Waals surface area (Å²) in [6.45, 7) is 6.38. The fraction of sp³-hybridized carbons (Fsp3) is 0.444. The Morgan fingerprint density at radius 1 is 1.09 bits per heavy atom. The van der Waals surface area contributed by atoms with Gasteiger partial charge >= 0.3 is 5.97 Å². The molecule has 1 saturated carbocycles. The molecule has 5 rings (SSSR count). The zero-order valence-electron chi connectivity index (χ0n) is 19.2. The van der Waals surface area contributed by atoms with Crippen molar-refractivity contribution in [2.45, 2.75) is 70.8 Å². The first-order chi connectivity index (χ1) is 15.8. The molecule has 1 N–H and O–H groups in total. The van der Waals surface area contributed by atoms with Gasteiger partial charge in [-0.25, -0.2) is 13.6 Å². The van der Waals surface area contributed by atoms with E-state index in [1.807, 2.05) is 12.1 Å². The summed E-state index contributed by atoms with van der Waals surface area (Å²) in [6, 6.07) is 10.3. The lowest BCUT2D eigenvalue weighted by Crippen LogP contribution is -2.35. The van der Waals surface area contributed by atoms with Gasteiger partial charge in [-0.2, -0.15) is 0 Å². The summed E-state index contributed by atoms with van der Waals surface area (Å²) >= 11 is 0. The molecule has 2 atom stereocenters. The van der Waals surface area contributed by atoms with E-state index in [0.717, 1.165) is 59.1 Å². The molecule has 1 aliphatic heterocycles. The molecule has 0 saturated heterocycles. The molecule has 1 aromatic heterocycles. The Morgan fingerprint density at radius 2 is 1.88 bits per heavy atom. The van der Waals surface area contributed by atoms with Gasteiger partial charge in [0.15, 0.2) is 0 Å². The van der Waals surface area contributed by atoms with Crippen LogP contribution in [-0.2, 0) is 13.1 Å². The second-order valence-electron chi connectivity index (χ2n) is 9.72. The highest BCUT2D eigenvalue weighted by Gasteiger charge is 2.34. The predicted octanol–water partition coefficient (Wildman–Crippen LogP) is 6.37. The van der Waals surface area contributed by atoms with Crippen LogP contribution in [0.25, 0.3) is 22.2 Å². The molecule has 33 heavy (non-hydrogen) atoms. The molecule has 0 unspecified atom stereocenters. The molecule has 0 spiro atoms. The van der Waals surface area contributed by atoms with E-state index in [0.29, 0.717) is 25.6 Å². The van der Waals surface area contributed by atoms with Crippen LogP contribution in [0, 0.1) is 5.82 Å². The van der Waals surface area contributed by atoms with Crippen LogP contribution in [0.2, 0.25) is 0 Å². The van der Waals surface area contributed by atoms with Crippen LogP contribution in [0.4, 0.5) is 8.78 Å². The van der Waals surface area contributed by atoms with Gasteiger partial charge in [-0.3, -0.25) is 4.90 Å². The van der Waals surface area contributed by atoms with Crippen LogP contribution < -0.4 is 0 Å². The molecule has 0 bridgehead atoms. The van der Waals surface area contributed by atoms with Gasteiger partial charge in [-0.1, -0.05) is 25.0 Å². The van der Waals surface area contributed by atoms with Crippen molar-refractivity contribution in [2.75, 3.05) is 6.54 Å². The third-order valence-corrected chi connectivity index (χ3v) is 7.44. The van der Waals surface area contributed by atoms with Gasteiger partial charge in [-0.05, 0) is 62.1 Å². The van der Waals surface area contributed by atoms with Gasteiger partial charge in [-0.15, -0.1) is 0 Å². The summed E-state index contributed by atoms with van der Waals surface area (Å²) in [6.07, 6.45) is 2.16. The standard InChI is InChI=1S/C27H30F2N2O2/c1-16(2)30-11-12-31-24-13-17(27(32)33)8-10-21(24)25(20-5-3-4-6-23(20)29)26(31)22-14-19(28)9-7-18(22)15-30/h7-10,13-14,16,20,23H,3-6,11-12,15H2,1-2H3,(H,32,33)/t20-,23-/m1/s1. The van der Waals surface area contributed by atoms with Gasteiger partial charge in [0.1, 0.15) is 12.0 Å². The lowest BCUT2D eigenvalue weighted by atomic mass is 9.80. The molecule has 1 aliphatic carbocycles. The molecule has 2 aliphatic rings. The highest BCUT2D eigenvalue weighted by atomic mass is 19.1. The number of benzene rings is 2. The smallest absolute Gasteiger partial charge is 0.335 e. The number of aromatic carboxylic acids is 1. The van der Waals surface area contributed by atoms with E-state index in [1.54, 1.807) is 18.2 Å². The Balaban J connectivity index is 1.84. The lowest BCUT2D eigenvalue weighted by Gasteiger charge is -2.32. The van der Waals surface area contributed by atoms with Crippen molar-refractivity contribution < 1.29 is 18.7 Å². The largest absolute Gasteiger partial charge is 0.478 e. The van der Waals surface area contributed by atoms with Gasteiger partial charge in [0.25, 0.3) is 0 Å². The minimum Gasteiger partial charge on any atom is -0.478 e. The maximum absolute atomic E-state index is 15.3. The molecule has 0 radical (unpaired) electrons. The molecule has 2 heterocycles. The molecule has 3 aromatic rings. The summed E-state index contributed by atoms with van der Waals surface area (Å²) in [7, 11) is 0. The second kappa shape index (κ2) is 8.56. The maximum Gasteiger partial charge on any atom is 0.335 e. The highest BCUT2D eigenvalue weighted by molar-refractivity contribution is 5.98. The monoisotopic (exact) mass is 452 g/mol. The van der Waals surface area contributed by atoms with Gasteiger partial charge < -0.3 is 9.67 Å². The van der Waals surface area contributed by atoms with Crippen LogP contribution in [0.15, 0.2) is 36.4 Å². The Labute approximate surface area is 192 Å². The first-order valence-electron chi connectivity index (χ1n) is 11.9. The highest BCUT2D eigenvalue weighted by Crippen LogP contribution is 2.46. The topological polar surface area (TPSA) is 45.5 Å². The summed E-state index contributed by atoms with van der Waals surface area (Å²) < 4.78 is 32.0. The quantitative estimate of drug-likeness (QED) is 0.503. The zero-order valence-corrected chi connectivity index (χ0v) is 19.2. The van der Waals surface area contributed by atoms with E-state index in [1.165, 1.54) is 6.07 Å². The van der Waals surface area contributed by atoms with Crippen molar-refractivity contribution in [1.29, 1.82) is 0 Å². The number of alkyl halides is 1. The number of carboxylic acids is 1. The zero-order chi connectivity index (χ0) is 23.3. The molecular weight excluding hydrogens is 422 g/mol. The molecule has 2 aromatic carbocycles. The number of halogens is 2. The summed E-state index contributed by atoms with van der Waals surface area (Å²) in [5.41, 5.74) is 4.58. The molecule has 6 heteroatoms. The molecule has 4 nitrogen and oxygen atoms in total. The van der Waals surface area contributed by atoms with Crippen LogP contribution in [0.1, 0.15) is 66.9 Å². The van der Waals surface area contributed by atoms with Gasteiger partial charge in [0.05, 0.1) is 11.3 Å². The molecular formula is C27H30F2N2O2. The number of nitrogens with zero attached hydrogens (tertiary/aromatic N) is 2. The first kappa shape index (κ1) is 22.1. The SMILES string of the molecule is CC(C)N1CCn2c(c([C@@H]3CCCC[C@H]3F)c3ccc(C(=O)O)cc32)-c2cc(F)ccc2C1. The maximum atomic E-state index is 15.3. The molecule has 1 fully saturated rings. The molecule has 174 valence electrons. The Hall–Kier alpha value is -2.73. The van der Waals surface area contributed by atoms with Crippen molar-refractivity contribution in [3.63, 3.8) is 0 Å². The van der Waals surface area contributed by atoms with E-state index < -0.39 is 12.1 Å². The van der Waals surface area contributed by atoms with Crippen molar-refractivity contribution in [3.8, 4) is 11.3 Å². The minimum atomic E-state index is -0.990. The summed E-state index contributed by atoms with van der Waals surface area (Å²) in [5, 5.41) is 10.5. The van der Waals surface area contributed by atoms with Crippen LogP contribution in [-0.4, -0.2) is 39.3 Å². The number of carbonyl (C=O) groups is 1. The van der Waals surface area contributed by atoms with E-state index in [4.69, 9.17) is 0 Å². The molecule has 0 amide bonds. The lowest BCUT2D eigenvalue weighted by molar-refractivity contribution is 0.0697. The number of fused-ring (bicyclic) bond motifs is 5. The van der Waals surface area contributed by atoms with Gasteiger partial charge in [0, 0.05) is 48.1 Å². The Bertz CT molecular complexity index is 1220. The first-order valence-corrected chi connectivity index (χ1v) is 11.9. The number of hydrogen-bond donors (Lipinski definition) is 1. The average Bonchev–Trinajstić information content (AvgIpc) is 3.08.